The maximum Gasteiger partial charge on any atom is 0.355 e. The van der Waals surface area contributed by atoms with Gasteiger partial charge in [0.2, 0.25) is 0 Å². The van der Waals surface area contributed by atoms with Gasteiger partial charge in [-0.2, -0.15) is 0 Å². The van der Waals surface area contributed by atoms with E-state index in [-0.39, 0.29) is 18.2 Å². The molecule has 1 heterocycles. The van der Waals surface area contributed by atoms with Gasteiger partial charge in [-0.3, -0.25) is 4.79 Å². The van der Waals surface area contributed by atoms with E-state index in [4.69, 9.17) is 9.15 Å². The van der Waals surface area contributed by atoms with Gasteiger partial charge in [0, 0.05) is 9.13 Å². The largest absolute Gasteiger partial charge is 0.466 e. The van der Waals surface area contributed by atoms with E-state index >= 15 is 0 Å². The number of nitrogens with one attached hydrogen (secondary N) is 1. The molecule has 3 aromatic rings. The van der Waals surface area contributed by atoms with Gasteiger partial charge in [0.05, 0.1) is 6.26 Å². The second kappa shape index (κ2) is 9.18. The predicted molar refractivity (Wildman–Crippen MR) is 110 cm³/mol. The Morgan fingerprint density at radius 2 is 1.74 bits per heavy atom. The highest BCUT2D eigenvalue weighted by Gasteiger charge is 2.16. The number of ether oxygens (including phenoxy) is 1. The average Bonchev–Trinajstić information content (AvgIpc) is 3.20. The van der Waals surface area contributed by atoms with Gasteiger partial charge in [0.25, 0.3) is 5.91 Å². The number of furan rings is 1. The van der Waals surface area contributed by atoms with Crippen molar-refractivity contribution in [3.05, 3.63) is 99.1 Å². The van der Waals surface area contributed by atoms with E-state index in [0.717, 1.165) is 9.13 Å². The summed E-state index contributed by atoms with van der Waals surface area (Å²) in [5.74, 6) is -0.510. The van der Waals surface area contributed by atoms with E-state index < -0.39 is 5.97 Å². The second-order valence-corrected chi connectivity index (χ2v) is 6.83. The topological polar surface area (TPSA) is 68.5 Å². The van der Waals surface area contributed by atoms with Gasteiger partial charge in [0.1, 0.15) is 18.1 Å². The fraction of sp³-hybridized carbons (Fsp3) is 0.0476. The molecule has 27 heavy (non-hydrogen) atoms. The molecular weight excluding hydrogens is 457 g/mol. The first kappa shape index (κ1) is 18.9. The molecule has 1 amide bonds. The Labute approximate surface area is 170 Å². The van der Waals surface area contributed by atoms with Crippen LogP contribution < -0.4 is 5.32 Å². The number of amides is 1. The second-order valence-electron chi connectivity index (χ2n) is 5.59. The summed E-state index contributed by atoms with van der Waals surface area (Å²) in [6.45, 7) is -0.0165. The SMILES string of the molecule is O=C(OCc1ccco1)/C(=C\c1ccccc1)NC(=O)c1ccc(I)cc1. The third-order valence-corrected chi connectivity index (χ3v) is 4.33. The third-order valence-electron chi connectivity index (χ3n) is 3.61. The summed E-state index contributed by atoms with van der Waals surface area (Å²) in [7, 11) is 0. The van der Waals surface area contributed by atoms with Crippen LogP contribution in [-0.2, 0) is 16.1 Å². The summed E-state index contributed by atoms with van der Waals surface area (Å²) in [5.41, 5.74) is 1.27. The standard InChI is InChI=1S/C21H16INO4/c22-17-10-8-16(9-11-17)20(24)23-19(13-15-5-2-1-3-6-15)21(25)27-14-18-7-4-12-26-18/h1-13H,14H2,(H,23,24)/b19-13+. The van der Waals surface area contributed by atoms with Gasteiger partial charge in [0.15, 0.2) is 0 Å². The van der Waals surface area contributed by atoms with Gasteiger partial charge in [-0.05, 0) is 70.6 Å². The van der Waals surface area contributed by atoms with Crippen molar-refractivity contribution < 1.29 is 18.7 Å². The highest BCUT2D eigenvalue weighted by Crippen LogP contribution is 2.11. The summed E-state index contributed by atoms with van der Waals surface area (Å²) < 4.78 is 11.4. The Kier molecular flexibility index (Phi) is 6.43. The Morgan fingerprint density at radius 3 is 2.41 bits per heavy atom. The Morgan fingerprint density at radius 1 is 1.00 bits per heavy atom. The van der Waals surface area contributed by atoms with E-state index in [1.807, 2.05) is 42.5 Å². The number of halogens is 1. The summed E-state index contributed by atoms with van der Waals surface area (Å²) in [5, 5.41) is 2.65. The van der Waals surface area contributed by atoms with Gasteiger partial charge < -0.3 is 14.5 Å². The number of carbonyl (C=O) groups is 2. The van der Waals surface area contributed by atoms with Crippen LogP contribution >= 0.6 is 22.6 Å². The number of hydrogen-bond acceptors (Lipinski definition) is 4. The fourth-order valence-corrected chi connectivity index (χ4v) is 2.63. The lowest BCUT2D eigenvalue weighted by molar-refractivity contribution is -0.141. The van der Waals surface area contributed by atoms with Crippen LogP contribution in [0, 0.1) is 3.57 Å². The van der Waals surface area contributed by atoms with Crippen molar-refractivity contribution in [3.63, 3.8) is 0 Å². The van der Waals surface area contributed by atoms with Crippen LogP contribution in [0.5, 0.6) is 0 Å². The quantitative estimate of drug-likeness (QED) is 0.328. The Bertz CT molecular complexity index is 932. The molecule has 0 spiro atoms. The normalized spacial score (nSPS) is 11.1. The monoisotopic (exact) mass is 473 g/mol. The smallest absolute Gasteiger partial charge is 0.355 e. The Hall–Kier alpha value is -2.87. The molecule has 0 saturated carbocycles. The first-order valence-electron chi connectivity index (χ1n) is 8.15. The first-order chi connectivity index (χ1) is 13.1. The molecule has 0 unspecified atom stereocenters. The summed E-state index contributed by atoms with van der Waals surface area (Å²) in [4.78, 5) is 25.0. The molecule has 1 N–H and O–H groups in total. The zero-order valence-corrected chi connectivity index (χ0v) is 16.4. The molecule has 1 aromatic heterocycles. The van der Waals surface area contributed by atoms with Crippen LogP contribution in [0.4, 0.5) is 0 Å². The van der Waals surface area contributed by atoms with Gasteiger partial charge in [-0.25, -0.2) is 4.79 Å². The molecule has 2 aromatic carbocycles. The molecular formula is C21H16INO4. The molecule has 0 bridgehead atoms. The van der Waals surface area contributed by atoms with Crippen molar-refractivity contribution in [3.8, 4) is 0 Å². The predicted octanol–water partition coefficient (Wildman–Crippen LogP) is 4.40. The van der Waals surface area contributed by atoms with Gasteiger partial charge >= 0.3 is 5.97 Å². The number of esters is 1. The molecule has 0 aliphatic rings. The zero-order valence-electron chi connectivity index (χ0n) is 14.2. The van der Waals surface area contributed by atoms with Crippen LogP contribution in [-0.4, -0.2) is 11.9 Å². The lowest BCUT2D eigenvalue weighted by atomic mass is 10.1. The Balaban J connectivity index is 1.78. The average molecular weight is 473 g/mol. The van der Waals surface area contributed by atoms with Crippen molar-refractivity contribution in [2.45, 2.75) is 6.61 Å². The van der Waals surface area contributed by atoms with Gasteiger partial charge in [-0.15, -0.1) is 0 Å². The van der Waals surface area contributed by atoms with Crippen molar-refractivity contribution >= 4 is 40.5 Å². The lowest BCUT2D eigenvalue weighted by Crippen LogP contribution is -2.28. The first-order valence-corrected chi connectivity index (χ1v) is 9.23. The van der Waals surface area contributed by atoms with Crippen LogP contribution in [0.1, 0.15) is 21.7 Å². The third kappa shape index (κ3) is 5.55. The van der Waals surface area contributed by atoms with Crippen LogP contribution in [0.2, 0.25) is 0 Å². The molecule has 0 saturated heterocycles. The number of hydrogen-bond donors (Lipinski definition) is 1. The molecule has 0 radical (unpaired) electrons. The maximum absolute atomic E-state index is 12.5. The summed E-state index contributed by atoms with van der Waals surface area (Å²) in [6, 6.07) is 19.7. The van der Waals surface area contributed by atoms with Crippen LogP contribution in [0.15, 0.2) is 83.1 Å². The van der Waals surface area contributed by atoms with E-state index in [2.05, 4.69) is 27.9 Å². The minimum absolute atomic E-state index is 0.0165. The molecule has 0 fully saturated rings. The highest BCUT2D eigenvalue weighted by atomic mass is 127. The number of benzene rings is 2. The van der Waals surface area contributed by atoms with E-state index in [1.54, 1.807) is 30.3 Å². The molecule has 136 valence electrons. The molecule has 0 atom stereocenters. The van der Waals surface area contributed by atoms with E-state index in [0.29, 0.717) is 11.3 Å². The number of rotatable bonds is 6. The van der Waals surface area contributed by atoms with Crippen LogP contribution in [0.3, 0.4) is 0 Å². The summed E-state index contributed by atoms with van der Waals surface area (Å²) >= 11 is 2.16. The molecule has 6 heteroatoms. The number of carbonyl (C=O) groups excluding carboxylic acids is 2. The van der Waals surface area contributed by atoms with Crippen LogP contribution in [0.25, 0.3) is 6.08 Å². The van der Waals surface area contributed by atoms with Gasteiger partial charge in [-0.1, -0.05) is 30.3 Å². The molecule has 0 aliphatic heterocycles. The minimum Gasteiger partial charge on any atom is -0.466 e. The summed E-state index contributed by atoms with van der Waals surface area (Å²) in [6.07, 6.45) is 3.08. The highest BCUT2D eigenvalue weighted by molar-refractivity contribution is 14.1. The van der Waals surface area contributed by atoms with E-state index in [9.17, 15) is 9.59 Å². The molecule has 0 aliphatic carbocycles. The molecule has 3 rings (SSSR count). The fourth-order valence-electron chi connectivity index (χ4n) is 2.27. The molecule has 5 nitrogen and oxygen atoms in total. The van der Waals surface area contributed by atoms with Crippen molar-refractivity contribution in [2.75, 3.05) is 0 Å². The van der Waals surface area contributed by atoms with E-state index in [1.165, 1.54) is 6.26 Å². The maximum atomic E-state index is 12.5. The minimum atomic E-state index is -0.644. The van der Waals surface area contributed by atoms with Crippen molar-refractivity contribution in [1.82, 2.24) is 5.32 Å². The van der Waals surface area contributed by atoms with Crippen molar-refractivity contribution in [1.29, 1.82) is 0 Å². The lowest BCUT2D eigenvalue weighted by Gasteiger charge is -2.10. The van der Waals surface area contributed by atoms with Crippen molar-refractivity contribution in [2.24, 2.45) is 0 Å². The zero-order chi connectivity index (χ0) is 19.1.